The summed E-state index contributed by atoms with van der Waals surface area (Å²) >= 11 is 6.09. The SMILES string of the molecule is NCCn1c(Cl)cnc1C1CCCCC1. The molecule has 2 N–H and O–H groups in total. The fraction of sp³-hybridized carbons (Fsp3) is 0.727. The van der Waals surface area contributed by atoms with Crippen LogP contribution in [0.2, 0.25) is 5.15 Å². The van der Waals surface area contributed by atoms with Gasteiger partial charge in [-0.1, -0.05) is 30.9 Å². The van der Waals surface area contributed by atoms with Crippen LogP contribution in [0.4, 0.5) is 0 Å². The quantitative estimate of drug-likeness (QED) is 0.863. The first-order valence-corrected chi connectivity index (χ1v) is 6.11. The van der Waals surface area contributed by atoms with Crippen molar-refractivity contribution in [3.63, 3.8) is 0 Å². The third-order valence-electron chi connectivity index (χ3n) is 3.16. The highest BCUT2D eigenvalue weighted by Crippen LogP contribution is 2.32. The number of nitrogens with two attached hydrogens (primary N) is 1. The molecule has 0 radical (unpaired) electrons. The van der Waals surface area contributed by atoms with E-state index in [1.807, 2.05) is 0 Å². The molecule has 1 aromatic heterocycles. The van der Waals surface area contributed by atoms with Crippen molar-refractivity contribution in [2.24, 2.45) is 5.73 Å². The van der Waals surface area contributed by atoms with Crippen molar-refractivity contribution in [3.05, 3.63) is 17.2 Å². The number of hydrogen-bond donors (Lipinski definition) is 1. The van der Waals surface area contributed by atoms with E-state index >= 15 is 0 Å². The average Bonchev–Trinajstić information content (AvgIpc) is 2.63. The Balaban J connectivity index is 2.18. The number of imidazole rings is 1. The fourth-order valence-electron chi connectivity index (χ4n) is 2.41. The second kappa shape index (κ2) is 4.99. The molecule has 0 atom stereocenters. The number of nitrogens with zero attached hydrogens (tertiary/aromatic N) is 2. The van der Waals surface area contributed by atoms with Crippen molar-refractivity contribution in [1.82, 2.24) is 9.55 Å². The predicted molar refractivity (Wildman–Crippen MR) is 62.1 cm³/mol. The molecule has 84 valence electrons. The highest BCUT2D eigenvalue weighted by molar-refractivity contribution is 6.29. The zero-order valence-electron chi connectivity index (χ0n) is 8.95. The maximum atomic E-state index is 6.09. The van der Waals surface area contributed by atoms with E-state index in [0.717, 1.165) is 17.5 Å². The lowest BCUT2D eigenvalue weighted by Gasteiger charge is -2.22. The molecule has 0 unspecified atom stereocenters. The molecule has 0 bridgehead atoms. The van der Waals surface area contributed by atoms with E-state index in [-0.39, 0.29) is 0 Å². The molecule has 1 fully saturated rings. The molecule has 0 saturated heterocycles. The third-order valence-corrected chi connectivity index (χ3v) is 3.46. The van der Waals surface area contributed by atoms with E-state index < -0.39 is 0 Å². The second-order valence-electron chi connectivity index (χ2n) is 4.21. The van der Waals surface area contributed by atoms with Crippen LogP contribution in [0, 0.1) is 0 Å². The Labute approximate surface area is 95.6 Å². The van der Waals surface area contributed by atoms with Gasteiger partial charge in [0.05, 0.1) is 6.20 Å². The van der Waals surface area contributed by atoms with E-state index in [1.165, 1.54) is 32.1 Å². The Hall–Kier alpha value is -0.540. The number of aromatic nitrogens is 2. The van der Waals surface area contributed by atoms with Crippen molar-refractivity contribution in [2.75, 3.05) is 6.54 Å². The Morgan fingerprint density at radius 2 is 2.13 bits per heavy atom. The Bertz CT molecular complexity index is 316. The van der Waals surface area contributed by atoms with Crippen molar-refractivity contribution in [3.8, 4) is 0 Å². The van der Waals surface area contributed by atoms with Gasteiger partial charge < -0.3 is 10.3 Å². The van der Waals surface area contributed by atoms with Crippen molar-refractivity contribution in [1.29, 1.82) is 0 Å². The summed E-state index contributed by atoms with van der Waals surface area (Å²) in [5, 5.41) is 0.723. The monoisotopic (exact) mass is 227 g/mol. The summed E-state index contributed by atoms with van der Waals surface area (Å²) in [6.07, 6.45) is 8.24. The van der Waals surface area contributed by atoms with Gasteiger partial charge in [0.25, 0.3) is 0 Å². The van der Waals surface area contributed by atoms with Crippen LogP contribution < -0.4 is 5.73 Å². The zero-order valence-corrected chi connectivity index (χ0v) is 9.71. The maximum Gasteiger partial charge on any atom is 0.128 e. The first-order chi connectivity index (χ1) is 7.33. The lowest BCUT2D eigenvalue weighted by Crippen LogP contribution is -2.16. The summed E-state index contributed by atoms with van der Waals surface area (Å²) in [5.41, 5.74) is 5.58. The minimum absolute atomic E-state index is 0.595. The smallest absolute Gasteiger partial charge is 0.128 e. The molecule has 2 rings (SSSR count). The maximum absolute atomic E-state index is 6.09. The molecule has 15 heavy (non-hydrogen) atoms. The van der Waals surface area contributed by atoms with Crippen molar-refractivity contribution >= 4 is 11.6 Å². The van der Waals surface area contributed by atoms with Gasteiger partial charge in [0.15, 0.2) is 0 Å². The van der Waals surface area contributed by atoms with E-state index in [4.69, 9.17) is 17.3 Å². The largest absolute Gasteiger partial charge is 0.329 e. The normalized spacial score (nSPS) is 18.3. The number of hydrogen-bond acceptors (Lipinski definition) is 2. The second-order valence-corrected chi connectivity index (χ2v) is 4.60. The van der Waals surface area contributed by atoms with Crippen LogP contribution in [0.5, 0.6) is 0 Å². The van der Waals surface area contributed by atoms with Gasteiger partial charge in [0, 0.05) is 19.0 Å². The van der Waals surface area contributed by atoms with Gasteiger partial charge in [0.1, 0.15) is 11.0 Å². The minimum Gasteiger partial charge on any atom is -0.329 e. The molecular formula is C11H18ClN3. The lowest BCUT2D eigenvalue weighted by molar-refractivity contribution is 0.416. The van der Waals surface area contributed by atoms with Crippen LogP contribution in [-0.4, -0.2) is 16.1 Å². The van der Waals surface area contributed by atoms with Crippen LogP contribution in [0.15, 0.2) is 6.20 Å². The summed E-state index contributed by atoms with van der Waals surface area (Å²) in [5.74, 6) is 1.74. The first-order valence-electron chi connectivity index (χ1n) is 5.74. The van der Waals surface area contributed by atoms with Crippen LogP contribution >= 0.6 is 11.6 Å². The average molecular weight is 228 g/mol. The van der Waals surface area contributed by atoms with Crippen LogP contribution in [0.3, 0.4) is 0 Å². The molecule has 1 saturated carbocycles. The molecule has 0 spiro atoms. The van der Waals surface area contributed by atoms with Gasteiger partial charge in [-0.15, -0.1) is 0 Å². The van der Waals surface area contributed by atoms with E-state index in [1.54, 1.807) is 6.20 Å². The topological polar surface area (TPSA) is 43.8 Å². The standard InChI is InChI=1S/C11H18ClN3/c12-10-8-14-11(15(10)7-6-13)9-4-2-1-3-5-9/h8-9H,1-7,13H2. The van der Waals surface area contributed by atoms with Crippen LogP contribution in [0.25, 0.3) is 0 Å². The summed E-state index contributed by atoms with van der Waals surface area (Å²) in [6, 6.07) is 0. The summed E-state index contributed by atoms with van der Waals surface area (Å²) < 4.78 is 2.07. The molecule has 0 aromatic carbocycles. The molecule has 1 aromatic rings. The number of rotatable bonds is 3. The van der Waals surface area contributed by atoms with Gasteiger partial charge in [-0.25, -0.2) is 4.98 Å². The predicted octanol–water partition coefficient (Wildman–Crippen LogP) is 2.54. The molecule has 3 nitrogen and oxygen atoms in total. The fourth-order valence-corrected chi connectivity index (χ4v) is 2.63. The highest BCUT2D eigenvalue weighted by atomic mass is 35.5. The Kier molecular flexibility index (Phi) is 3.65. The molecule has 1 heterocycles. The van der Waals surface area contributed by atoms with Crippen molar-refractivity contribution < 1.29 is 0 Å². The van der Waals surface area contributed by atoms with E-state index in [2.05, 4.69) is 9.55 Å². The third kappa shape index (κ3) is 2.34. The van der Waals surface area contributed by atoms with Crippen molar-refractivity contribution in [2.45, 2.75) is 44.6 Å². The lowest BCUT2D eigenvalue weighted by atomic mass is 9.88. The summed E-state index contributed by atoms with van der Waals surface area (Å²) in [7, 11) is 0. The molecule has 0 amide bonds. The Morgan fingerprint density at radius 1 is 1.40 bits per heavy atom. The van der Waals surface area contributed by atoms with Gasteiger partial charge in [-0.2, -0.15) is 0 Å². The first kappa shape index (κ1) is 11.0. The molecular weight excluding hydrogens is 210 g/mol. The highest BCUT2D eigenvalue weighted by Gasteiger charge is 2.21. The van der Waals surface area contributed by atoms with Gasteiger partial charge in [-0.3, -0.25) is 0 Å². The number of halogens is 1. The summed E-state index contributed by atoms with van der Waals surface area (Å²) in [6.45, 7) is 1.40. The van der Waals surface area contributed by atoms with E-state index in [9.17, 15) is 0 Å². The molecule has 1 aliphatic rings. The molecule has 4 heteroatoms. The Morgan fingerprint density at radius 3 is 2.80 bits per heavy atom. The van der Waals surface area contributed by atoms with Crippen LogP contribution in [0.1, 0.15) is 43.8 Å². The van der Waals surface area contributed by atoms with Gasteiger partial charge in [0.2, 0.25) is 0 Å². The molecule has 1 aliphatic carbocycles. The van der Waals surface area contributed by atoms with Gasteiger partial charge >= 0.3 is 0 Å². The molecule has 0 aliphatic heterocycles. The van der Waals surface area contributed by atoms with Gasteiger partial charge in [-0.05, 0) is 12.8 Å². The van der Waals surface area contributed by atoms with E-state index in [0.29, 0.717) is 12.5 Å². The van der Waals surface area contributed by atoms with Crippen LogP contribution in [-0.2, 0) is 6.54 Å². The minimum atomic E-state index is 0.595. The summed E-state index contributed by atoms with van der Waals surface area (Å²) in [4.78, 5) is 4.43. The zero-order chi connectivity index (χ0) is 10.7.